The second kappa shape index (κ2) is 7.65. The van der Waals surface area contributed by atoms with E-state index in [2.05, 4.69) is 13.8 Å². The van der Waals surface area contributed by atoms with Crippen molar-refractivity contribution >= 4 is 10.8 Å². The van der Waals surface area contributed by atoms with Crippen LogP contribution in [0, 0.1) is 5.41 Å². The lowest BCUT2D eigenvalue weighted by Gasteiger charge is -2.21. The first-order valence-electron chi connectivity index (χ1n) is 6.71. The molecule has 108 valence electrons. The van der Waals surface area contributed by atoms with Crippen molar-refractivity contribution in [2.24, 2.45) is 11.1 Å². The third kappa shape index (κ3) is 5.74. The third-order valence-electron chi connectivity index (χ3n) is 3.29. The summed E-state index contributed by atoms with van der Waals surface area (Å²) in [6, 6.07) is 7.48. The molecule has 1 aromatic carbocycles. The van der Waals surface area contributed by atoms with E-state index in [9.17, 15) is 4.21 Å². The Hall–Kier alpha value is -0.870. The molecule has 1 atom stereocenters. The molecular formula is C15H25NO2S. The largest absolute Gasteiger partial charge is 0.497 e. The Morgan fingerprint density at radius 2 is 2.05 bits per heavy atom. The molecule has 0 bridgehead atoms. The Bertz CT molecular complexity index is 418. The molecule has 1 unspecified atom stereocenters. The zero-order valence-electron chi connectivity index (χ0n) is 12.1. The van der Waals surface area contributed by atoms with Crippen molar-refractivity contribution in [2.45, 2.75) is 38.0 Å². The lowest BCUT2D eigenvalue weighted by molar-refractivity contribution is 0.336. The number of benzene rings is 1. The number of hydrogen-bond acceptors (Lipinski definition) is 3. The number of methoxy groups -OCH3 is 1. The molecule has 0 spiro atoms. The molecule has 0 radical (unpaired) electrons. The van der Waals surface area contributed by atoms with Crippen LogP contribution < -0.4 is 10.5 Å². The second-order valence-corrected chi connectivity index (χ2v) is 7.12. The second-order valence-electron chi connectivity index (χ2n) is 5.55. The van der Waals surface area contributed by atoms with Crippen LogP contribution >= 0.6 is 0 Å². The van der Waals surface area contributed by atoms with Crippen molar-refractivity contribution in [3.63, 3.8) is 0 Å². The highest BCUT2D eigenvalue weighted by molar-refractivity contribution is 7.85. The van der Waals surface area contributed by atoms with Crippen molar-refractivity contribution in [2.75, 3.05) is 19.4 Å². The van der Waals surface area contributed by atoms with Crippen molar-refractivity contribution in [1.29, 1.82) is 0 Å². The lowest BCUT2D eigenvalue weighted by atomic mass is 9.88. The quantitative estimate of drug-likeness (QED) is 0.746. The maximum atomic E-state index is 12.1. The van der Waals surface area contributed by atoms with Gasteiger partial charge in [-0.25, -0.2) is 0 Å². The van der Waals surface area contributed by atoms with E-state index in [1.165, 1.54) is 0 Å². The van der Waals surface area contributed by atoms with Crippen molar-refractivity contribution in [1.82, 2.24) is 0 Å². The SMILES string of the molecule is COc1cccc(S(=O)CCCCC(C)(C)CN)c1. The van der Waals surface area contributed by atoms with Crippen LogP contribution in [0.2, 0.25) is 0 Å². The van der Waals surface area contributed by atoms with E-state index in [4.69, 9.17) is 10.5 Å². The highest BCUT2D eigenvalue weighted by atomic mass is 32.2. The third-order valence-corrected chi connectivity index (χ3v) is 4.73. The summed E-state index contributed by atoms with van der Waals surface area (Å²) in [6.07, 6.45) is 3.12. The first-order valence-corrected chi connectivity index (χ1v) is 8.03. The minimum Gasteiger partial charge on any atom is -0.497 e. The molecule has 0 heterocycles. The maximum Gasteiger partial charge on any atom is 0.120 e. The van der Waals surface area contributed by atoms with Crippen LogP contribution in [0.15, 0.2) is 29.2 Å². The Morgan fingerprint density at radius 3 is 2.68 bits per heavy atom. The van der Waals surface area contributed by atoms with Gasteiger partial charge in [-0.3, -0.25) is 4.21 Å². The van der Waals surface area contributed by atoms with E-state index in [1.54, 1.807) is 7.11 Å². The van der Waals surface area contributed by atoms with Gasteiger partial charge in [0, 0.05) is 10.6 Å². The van der Waals surface area contributed by atoms with E-state index >= 15 is 0 Å². The van der Waals surface area contributed by atoms with E-state index in [0.29, 0.717) is 12.3 Å². The van der Waals surface area contributed by atoms with Gasteiger partial charge in [0.2, 0.25) is 0 Å². The zero-order valence-corrected chi connectivity index (χ0v) is 13.0. The molecule has 0 saturated carbocycles. The molecule has 0 aliphatic heterocycles. The summed E-state index contributed by atoms with van der Waals surface area (Å²) in [5.41, 5.74) is 5.89. The Labute approximate surface area is 119 Å². The van der Waals surface area contributed by atoms with E-state index in [-0.39, 0.29) is 5.41 Å². The molecule has 19 heavy (non-hydrogen) atoms. The van der Waals surface area contributed by atoms with E-state index < -0.39 is 10.8 Å². The van der Waals surface area contributed by atoms with Crippen LogP contribution in [0.5, 0.6) is 5.75 Å². The fourth-order valence-electron chi connectivity index (χ4n) is 1.80. The Balaban J connectivity index is 2.39. The summed E-state index contributed by atoms with van der Waals surface area (Å²) in [6.45, 7) is 5.05. The van der Waals surface area contributed by atoms with Crippen LogP contribution in [-0.2, 0) is 10.8 Å². The van der Waals surface area contributed by atoms with Crippen LogP contribution in [0.4, 0.5) is 0 Å². The van der Waals surface area contributed by atoms with Crippen molar-refractivity contribution in [3.8, 4) is 5.75 Å². The van der Waals surface area contributed by atoms with E-state index in [1.807, 2.05) is 24.3 Å². The minimum absolute atomic E-state index is 0.192. The van der Waals surface area contributed by atoms with Crippen LogP contribution in [0.25, 0.3) is 0 Å². The first-order chi connectivity index (χ1) is 8.98. The summed E-state index contributed by atoms with van der Waals surface area (Å²) < 4.78 is 17.3. The van der Waals surface area contributed by atoms with Gasteiger partial charge in [0.05, 0.1) is 17.9 Å². The van der Waals surface area contributed by atoms with Gasteiger partial charge in [0.1, 0.15) is 5.75 Å². The van der Waals surface area contributed by atoms with E-state index in [0.717, 1.165) is 29.9 Å². The van der Waals surface area contributed by atoms with Gasteiger partial charge in [0.25, 0.3) is 0 Å². The molecule has 1 aromatic rings. The fourth-order valence-corrected chi connectivity index (χ4v) is 2.98. The average Bonchev–Trinajstić information content (AvgIpc) is 2.43. The number of rotatable bonds is 8. The topological polar surface area (TPSA) is 52.3 Å². The van der Waals surface area contributed by atoms with Gasteiger partial charge in [-0.2, -0.15) is 0 Å². The lowest BCUT2D eigenvalue weighted by Crippen LogP contribution is -2.23. The molecular weight excluding hydrogens is 258 g/mol. The van der Waals surface area contributed by atoms with Crippen LogP contribution in [-0.4, -0.2) is 23.6 Å². The smallest absolute Gasteiger partial charge is 0.120 e. The maximum absolute atomic E-state index is 12.1. The molecule has 3 nitrogen and oxygen atoms in total. The first kappa shape index (κ1) is 16.2. The minimum atomic E-state index is -0.937. The summed E-state index contributed by atoms with van der Waals surface area (Å²) in [7, 11) is 0.685. The summed E-state index contributed by atoms with van der Waals surface area (Å²) in [4.78, 5) is 0.845. The monoisotopic (exact) mass is 283 g/mol. The Kier molecular flexibility index (Phi) is 6.52. The highest BCUT2D eigenvalue weighted by Gasteiger charge is 2.14. The molecule has 2 N–H and O–H groups in total. The van der Waals surface area contributed by atoms with Gasteiger partial charge >= 0.3 is 0 Å². The standard InChI is InChI=1S/C15H25NO2S/c1-15(2,12-16)9-4-5-10-19(17)14-8-6-7-13(11-14)18-3/h6-8,11H,4-5,9-10,12,16H2,1-3H3. The predicted octanol–water partition coefficient (Wildman–Crippen LogP) is 2.96. The summed E-state index contributed by atoms with van der Waals surface area (Å²) in [5, 5.41) is 0. The molecule has 4 heteroatoms. The molecule has 0 amide bonds. The van der Waals surface area contributed by atoms with Crippen molar-refractivity contribution < 1.29 is 8.95 Å². The molecule has 0 aliphatic carbocycles. The van der Waals surface area contributed by atoms with Gasteiger partial charge in [-0.05, 0) is 43.0 Å². The van der Waals surface area contributed by atoms with Crippen LogP contribution in [0.3, 0.4) is 0 Å². The van der Waals surface area contributed by atoms with Crippen LogP contribution in [0.1, 0.15) is 33.1 Å². The zero-order chi connectivity index (χ0) is 14.3. The average molecular weight is 283 g/mol. The van der Waals surface area contributed by atoms with Gasteiger partial charge in [0.15, 0.2) is 0 Å². The summed E-state index contributed by atoms with van der Waals surface area (Å²) in [5.74, 6) is 1.46. The molecule has 1 rings (SSSR count). The van der Waals surface area contributed by atoms with Crippen molar-refractivity contribution in [3.05, 3.63) is 24.3 Å². The number of ether oxygens (including phenoxy) is 1. The van der Waals surface area contributed by atoms with Gasteiger partial charge in [-0.1, -0.05) is 26.3 Å². The summed E-state index contributed by atoms with van der Waals surface area (Å²) >= 11 is 0. The number of nitrogens with two attached hydrogens (primary N) is 1. The number of unbranched alkanes of at least 4 members (excludes halogenated alkanes) is 1. The van der Waals surface area contributed by atoms with Gasteiger partial charge < -0.3 is 10.5 Å². The highest BCUT2D eigenvalue weighted by Crippen LogP contribution is 2.22. The number of hydrogen-bond donors (Lipinski definition) is 1. The Morgan fingerprint density at radius 1 is 1.32 bits per heavy atom. The molecule has 0 fully saturated rings. The molecule has 0 aliphatic rings. The van der Waals surface area contributed by atoms with Gasteiger partial charge in [-0.15, -0.1) is 0 Å². The normalized spacial score (nSPS) is 13.3. The molecule has 0 aromatic heterocycles. The molecule has 0 saturated heterocycles. The predicted molar refractivity (Wildman–Crippen MR) is 81.0 cm³/mol. The fraction of sp³-hybridized carbons (Fsp3) is 0.600.